The van der Waals surface area contributed by atoms with E-state index in [0.29, 0.717) is 11.3 Å². The first-order valence-corrected chi connectivity index (χ1v) is 6.76. The van der Waals surface area contributed by atoms with Gasteiger partial charge in [-0.3, -0.25) is 4.79 Å². The minimum Gasteiger partial charge on any atom is -0.349 e. The lowest BCUT2D eigenvalue weighted by molar-refractivity contribution is -0.134. The fourth-order valence-electron chi connectivity index (χ4n) is 2.12. The summed E-state index contributed by atoms with van der Waals surface area (Å²) in [5, 5.41) is 2.80. The van der Waals surface area contributed by atoms with Crippen LogP contribution in [-0.2, 0) is 6.18 Å². The van der Waals surface area contributed by atoms with Gasteiger partial charge in [0.25, 0.3) is 5.91 Å². The Bertz CT molecular complexity index is 421. The Morgan fingerprint density at radius 3 is 2.44 bits per heavy atom. The number of alkyl halides is 3. The molecule has 2 rings (SSSR count). The average Bonchev–Trinajstić information content (AvgIpc) is 2.79. The van der Waals surface area contributed by atoms with Crippen molar-refractivity contribution in [1.29, 1.82) is 0 Å². The van der Waals surface area contributed by atoms with Gasteiger partial charge in [-0.2, -0.15) is 13.2 Å². The lowest BCUT2D eigenvalue weighted by atomic mass is 9.95. The molecule has 0 spiro atoms. The molecule has 0 bridgehead atoms. The van der Waals surface area contributed by atoms with Crippen LogP contribution in [0, 0.1) is 0 Å². The molecule has 0 aliphatic heterocycles. The van der Waals surface area contributed by atoms with Gasteiger partial charge >= 0.3 is 6.18 Å². The van der Waals surface area contributed by atoms with E-state index in [2.05, 4.69) is 5.32 Å². The summed E-state index contributed by atoms with van der Waals surface area (Å²) < 4.78 is 37.2. The molecule has 0 aromatic carbocycles. The molecular formula is C12H14F3NOS. The lowest BCUT2D eigenvalue weighted by Crippen LogP contribution is -2.35. The highest BCUT2D eigenvalue weighted by molar-refractivity contribution is 7.14. The molecule has 0 unspecified atom stereocenters. The van der Waals surface area contributed by atoms with Crippen LogP contribution >= 0.6 is 11.3 Å². The first-order valence-electron chi connectivity index (χ1n) is 5.95. The Morgan fingerprint density at radius 2 is 1.89 bits per heavy atom. The number of nitrogens with one attached hydrogen (secondary N) is 1. The predicted octanol–water partition coefficient (Wildman–Crippen LogP) is 3.83. The molecule has 0 saturated heterocycles. The number of hydrogen-bond donors (Lipinski definition) is 1. The molecule has 1 aliphatic carbocycles. The second kappa shape index (κ2) is 5.30. The van der Waals surface area contributed by atoms with E-state index in [9.17, 15) is 18.0 Å². The van der Waals surface area contributed by atoms with E-state index < -0.39 is 11.1 Å². The van der Waals surface area contributed by atoms with Crippen molar-refractivity contribution in [3.8, 4) is 0 Å². The average molecular weight is 277 g/mol. The third-order valence-corrected chi connectivity index (χ3v) is 4.18. The van der Waals surface area contributed by atoms with Crippen molar-refractivity contribution in [2.24, 2.45) is 0 Å². The zero-order chi connectivity index (χ0) is 13.2. The quantitative estimate of drug-likeness (QED) is 0.874. The molecule has 6 heteroatoms. The van der Waals surface area contributed by atoms with Crippen molar-refractivity contribution in [3.63, 3.8) is 0 Å². The van der Waals surface area contributed by atoms with Gasteiger partial charge in [-0.15, -0.1) is 11.3 Å². The standard InChI is InChI=1S/C12H14F3NOS/c13-12(14,15)10-7-6-9(18-10)11(17)16-8-4-2-1-3-5-8/h6-8H,1-5H2,(H,16,17). The van der Waals surface area contributed by atoms with Crippen LogP contribution in [-0.4, -0.2) is 11.9 Å². The maximum absolute atomic E-state index is 12.4. The molecule has 1 saturated carbocycles. The van der Waals surface area contributed by atoms with Crippen molar-refractivity contribution in [3.05, 3.63) is 21.9 Å². The summed E-state index contributed by atoms with van der Waals surface area (Å²) in [7, 11) is 0. The highest BCUT2D eigenvalue weighted by Crippen LogP contribution is 2.34. The Balaban J connectivity index is 1.98. The Kier molecular flexibility index (Phi) is 3.94. The molecule has 0 atom stereocenters. The number of halogens is 3. The van der Waals surface area contributed by atoms with Crippen LogP contribution in [0.1, 0.15) is 46.7 Å². The second-order valence-corrected chi connectivity index (χ2v) is 5.55. The van der Waals surface area contributed by atoms with E-state index in [0.717, 1.165) is 31.7 Å². The third-order valence-electron chi connectivity index (χ3n) is 3.05. The van der Waals surface area contributed by atoms with Crippen molar-refractivity contribution in [2.45, 2.75) is 44.3 Å². The number of carbonyl (C=O) groups is 1. The molecule has 2 nitrogen and oxygen atoms in total. The van der Waals surface area contributed by atoms with Gasteiger partial charge in [-0.1, -0.05) is 19.3 Å². The van der Waals surface area contributed by atoms with Gasteiger partial charge in [0.05, 0.1) is 4.88 Å². The van der Waals surface area contributed by atoms with Gasteiger partial charge in [0, 0.05) is 6.04 Å². The fourth-order valence-corrected chi connectivity index (χ4v) is 2.89. The van der Waals surface area contributed by atoms with E-state index in [1.165, 1.54) is 12.5 Å². The third kappa shape index (κ3) is 3.25. The summed E-state index contributed by atoms with van der Waals surface area (Å²) >= 11 is 0.499. The van der Waals surface area contributed by atoms with Gasteiger partial charge in [-0.05, 0) is 25.0 Å². The van der Waals surface area contributed by atoms with Crippen molar-refractivity contribution >= 4 is 17.2 Å². The first-order chi connectivity index (χ1) is 8.47. The molecule has 1 aromatic rings. The molecule has 1 aliphatic rings. The highest BCUT2D eigenvalue weighted by Gasteiger charge is 2.33. The Hall–Kier alpha value is -1.04. The number of rotatable bonds is 2. The molecule has 100 valence electrons. The maximum atomic E-state index is 12.4. The summed E-state index contributed by atoms with van der Waals surface area (Å²) in [6.45, 7) is 0. The minimum absolute atomic E-state index is 0.114. The topological polar surface area (TPSA) is 29.1 Å². The predicted molar refractivity (Wildman–Crippen MR) is 63.7 cm³/mol. The molecule has 1 amide bonds. The van der Waals surface area contributed by atoms with Crippen LogP contribution in [0.15, 0.2) is 12.1 Å². The largest absolute Gasteiger partial charge is 0.425 e. The van der Waals surface area contributed by atoms with E-state index in [1.54, 1.807) is 0 Å². The number of hydrogen-bond acceptors (Lipinski definition) is 2. The number of thiophene rings is 1. The van der Waals surface area contributed by atoms with E-state index in [-0.39, 0.29) is 16.8 Å². The maximum Gasteiger partial charge on any atom is 0.425 e. The Labute approximate surface area is 107 Å². The normalized spacial score (nSPS) is 17.7. The van der Waals surface area contributed by atoms with Crippen molar-refractivity contribution in [1.82, 2.24) is 5.32 Å². The molecule has 1 N–H and O–H groups in total. The molecule has 18 heavy (non-hydrogen) atoms. The fraction of sp³-hybridized carbons (Fsp3) is 0.583. The number of carbonyl (C=O) groups excluding carboxylic acids is 1. The SMILES string of the molecule is O=C(NC1CCCCC1)c1ccc(C(F)(F)F)s1. The van der Waals surface area contributed by atoms with Crippen LogP contribution in [0.4, 0.5) is 13.2 Å². The smallest absolute Gasteiger partial charge is 0.349 e. The molecule has 1 fully saturated rings. The van der Waals surface area contributed by atoms with Crippen LogP contribution in [0.5, 0.6) is 0 Å². The zero-order valence-corrected chi connectivity index (χ0v) is 10.5. The monoisotopic (exact) mass is 277 g/mol. The molecule has 1 aromatic heterocycles. The van der Waals surface area contributed by atoms with Crippen LogP contribution in [0.3, 0.4) is 0 Å². The summed E-state index contributed by atoms with van der Waals surface area (Å²) in [5.41, 5.74) is 0. The van der Waals surface area contributed by atoms with E-state index in [4.69, 9.17) is 0 Å². The number of amides is 1. The van der Waals surface area contributed by atoms with Gasteiger partial charge in [-0.25, -0.2) is 0 Å². The second-order valence-electron chi connectivity index (χ2n) is 4.47. The van der Waals surface area contributed by atoms with Crippen LogP contribution in [0.2, 0.25) is 0 Å². The van der Waals surface area contributed by atoms with Gasteiger partial charge < -0.3 is 5.32 Å². The van der Waals surface area contributed by atoms with Crippen molar-refractivity contribution < 1.29 is 18.0 Å². The molecule has 0 radical (unpaired) electrons. The van der Waals surface area contributed by atoms with Crippen LogP contribution < -0.4 is 5.32 Å². The summed E-state index contributed by atoms with van der Waals surface area (Å²) in [6, 6.07) is 2.31. The first kappa shape index (κ1) is 13.4. The summed E-state index contributed by atoms with van der Waals surface area (Å²) in [6.07, 6.45) is 0.788. The summed E-state index contributed by atoms with van der Waals surface area (Å²) in [4.78, 5) is 11.2. The van der Waals surface area contributed by atoms with Crippen molar-refractivity contribution in [2.75, 3.05) is 0 Å². The zero-order valence-electron chi connectivity index (χ0n) is 9.72. The van der Waals surface area contributed by atoms with Gasteiger partial charge in [0.1, 0.15) is 4.88 Å². The molecule has 1 heterocycles. The summed E-state index contributed by atoms with van der Waals surface area (Å²) in [5.74, 6) is -0.387. The Morgan fingerprint density at radius 1 is 1.22 bits per heavy atom. The van der Waals surface area contributed by atoms with Gasteiger partial charge in [0.15, 0.2) is 0 Å². The lowest BCUT2D eigenvalue weighted by Gasteiger charge is -2.22. The van der Waals surface area contributed by atoms with Gasteiger partial charge in [0.2, 0.25) is 0 Å². The van der Waals surface area contributed by atoms with Crippen LogP contribution in [0.25, 0.3) is 0 Å². The highest BCUT2D eigenvalue weighted by atomic mass is 32.1. The minimum atomic E-state index is -4.37. The van der Waals surface area contributed by atoms with E-state index >= 15 is 0 Å². The molecular weight excluding hydrogens is 263 g/mol. The van der Waals surface area contributed by atoms with E-state index in [1.807, 2.05) is 0 Å².